The number of benzene rings is 1. The summed E-state index contributed by atoms with van der Waals surface area (Å²) in [5.74, 6) is 0.551. The second-order valence-corrected chi connectivity index (χ2v) is 4.59. The molecule has 0 aliphatic heterocycles. The van der Waals surface area contributed by atoms with E-state index in [0.29, 0.717) is 12.0 Å². The zero-order chi connectivity index (χ0) is 12.0. The molecule has 0 spiro atoms. The molecule has 0 bridgehead atoms. The van der Waals surface area contributed by atoms with Gasteiger partial charge in [0.1, 0.15) is 0 Å². The van der Waals surface area contributed by atoms with Gasteiger partial charge < -0.3 is 10.1 Å². The van der Waals surface area contributed by atoms with Crippen LogP contribution < -0.4 is 5.32 Å². The summed E-state index contributed by atoms with van der Waals surface area (Å²) in [6.07, 6.45) is 0.308. The maximum absolute atomic E-state index is 5.50. The van der Waals surface area contributed by atoms with Crippen LogP contribution in [0.2, 0.25) is 0 Å². The van der Waals surface area contributed by atoms with Gasteiger partial charge in [0.2, 0.25) is 0 Å². The smallest absolute Gasteiger partial charge is 0.0642 e. The normalized spacial score (nSPS) is 11.1. The van der Waals surface area contributed by atoms with Crippen molar-refractivity contribution in [3.05, 3.63) is 29.8 Å². The van der Waals surface area contributed by atoms with Crippen molar-refractivity contribution < 1.29 is 4.74 Å². The Hall–Kier alpha value is -1.02. The predicted octanol–water partition coefficient (Wildman–Crippen LogP) is 3.65. The molecule has 16 heavy (non-hydrogen) atoms. The molecule has 1 rings (SSSR count). The van der Waals surface area contributed by atoms with Crippen molar-refractivity contribution in [3.8, 4) is 0 Å². The minimum atomic E-state index is 0.308. The minimum absolute atomic E-state index is 0.308. The van der Waals surface area contributed by atoms with Crippen molar-refractivity contribution >= 4 is 5.69 Å². The third-order valence-corrected chi connectivity index (χ3v) is 2.45. The summed E-state index contributed by atoms with van der Waals surface area (Å²) in [6, 6.07) is 8.46. The van der Waals surface area contributed by atoms with E-state index in [1.165, 1.54) is 11.3 Å². The molecule has 1 aromatic rings. The van der Waals surface area contributed by atoms with Gasteiger partial charge in [0, 0.05) is 12.2 Å². The standard InChI is InChI=1S/C14H23NO/c1-11(2)13-7-5-6-8-14(13)15-9-10-16-12(3)4/h5-8,11-12,15H,9-10H2,1-4H3. The Morgan fingerprint density at radius 2 is 1.81 bits per heavy atom. The van der Waals surface area contributed by atoms with Crippen LogP contribution in [0.1, 0.15) is 39.2 Å². The largest absolute Gasteiger partial charge is 0.382 e. The number of para-hydroxylation sites is 1. The fourth-order valence-electron chi connectivity index (χ4n) is 1.64. The van der Waals surface area contributed by atoms with Crippen LogP contribution in [-0.2, 0) is 4.74 Å². The lowest BCUT2D eigenvalue weighted by Crippen LogP contribution is -2.14. The van der Waals surface area contributed by atoms with Crippen LogP contribution in [0.15, 0.2) is 24.3 Å². The van der Waals surface area contributed by atoms with E-state index in [2.05, 4.69) is 57.3 Å². The number of hydrogen-bond acceptors (Lipinski definition) is 2. The summed E-state index contributed by atoms with van der Waals surface area (Å²) in [6.45, 7) is 10.2. The Morgan fingerprint density at radius 1 is 1.12 bits per heavy atom. The molecule has 90 valence electrons. The number of nitrogens with one attached hydrogen (secondary N) is 1. The average molecular weight is 221 g/mol. The lowest BCUT2D eigenvalue weighted by molar-refractivity contribution is 0.0870. The van der Waals surface area contributed by atoms with E-state index in [4.69, 9.17) is 4.74 Å². The van der Waals surface area contributed by atoms with Gasteiger partial charge in [-0.15, -0.1) is 0 Å². The molecular weight excluding hydrogens is 198 g/mol. The van der Waals surface area contributed by atoms with Gasteiger partial charge >= 0.3 is 0 Å². The van der Waals surface area contributed by atoms with Crippen molar-refractivity contribution in [2.24, 2.45) is 0 Å². The van der Waals surface area contributed by atoms with Crippen molar-refractivity contribution in [2.75, 3.05) is 18.5 Å². The van der Waals surface area contributed by atoms with E-state index in [1.807, 2.05) is 0 Å². The number of hydrogen-bond donors (Lipinski definition) is 1. The maximum Gasteiger partial charge on any atom is 0.0642 e. The fraction of sp³-hybridized carbons (Fsp3) is 0.571. The summed E-state index contributed by atoms with van der Waals surface area (Å²) in [5, 5.41) is 3.42. The molecule has 1 N–H and O–H groups in total. The molecule has 2 nitrogen and oxygen atoms in total. The zero-order valence-corrected chi connectivity index (χ0v) is 10.8. The van der Waals surface area contributed by atoms with E-state index >= 15 is 0 Å². The highest BCUT2D eigenvalue weighted by Gasteiger charge is 2.04. The van der Waals surface area contributed by atoms with Crippen molar-refractivity contribution in [3.63, 3.8) is 0 Å². The monoisotopic (exact) mass is 221 g/mol. The molecule has 2 heteroatoms. The topological polar surface area (TPSA) is 21.3 Å². The first-order valence-electron chi connectivity index (χ1n) is 6.05. The van der Waals surface area contributed by atoms with Crippen LogP contribution in [0.5, 0.6) is 0 Å². The summed E-state index contributed by atoms with van der Waals surface area (Å²) in [7, 11) is 0. The first-order chi connectivity index (χ1) is 7.61. The van der Waals surface area contributed by atoms with Crippen molar-refractivity contribution in [1.82, 2.24) is 0 Å². The van der Waals surface area contributed by atoms with E-state index in [9.17, 15) is 0 Å². The first-order valence-corrected chi connectivity index (χ1v) is 6.05. The second kappa shape index (κ2) is 6.54. The molecule has 0 aromatic heterocycles. The summed E-state index contributed by atoms with van der Waals surface area (Å²) < 4.78 is 5.50. The van der Waals surface area contributed by atoms with Crippen LogP contribution >= 0.6 is 0 Å². The fourth-order valence-corrected chi connectivity index (χ4v) is 1.64. The summed E-state index contributed by atoms with van der Waals surface area (Å²) >= 11 is 0. The molecule has 0 unspecified atom stereocenters. The average Bonchev–Trinajstić information content (AvgIpc) is 2.24. The molecule has 0 aliphatic carbocycles. The molecule has 0 heterocycles. The van der Waals surface area contributed by atoms with Gasteiger partial charge in [-0.2, -0.15) is 0 Å². The molecule has 0 fully saturated rings. The Balaban J connectivity index is 2.47. The van der Waals surface area contributed by atoms with E-state index in [-0.39, 0.29) is 0 Å². The van der Waals surface area contributed by atoms with Crippen LogP contribution in [0.25, 0.3) is 0 Å². The third-order valence-electron chi connectivity index (χ3n) is 2.45. The van der Waals surface area contributed by atoms with Gasteiger partial charge in [0.15, 0.2) is 0 Å². The number of rotatable bonds is 6. The van der Waals surface area contributed by atoms with Gasteiger partial charge in [-0.3, -0.25) is 0 Å². The Morgan fingerprint density at radius 3 is 2.44 bits per heavy atom. The highest BCUT2D eigenvalue weighted by molar-refractivity contribution is 5.52. The summed E-state index contributed by atoms with van der Waals surface area (Å²) in [5.41, 5.74) is 2.59. The molecule has 0 aliphatic rings. The zero-order valence-electron chi connectivity index (χ0n) is 10.8. The number of anilines is 1. The highest BCUT2D eigenvalue weighted by Crippen LogP contribution is 2.23. The van der Waals surface area contributed by atoms with E-state index in [1.54, 1.807) is 0 Å². The molecule has 1 aromatic carbocycles. The van der Waals surface area contributed by atoms with Crippen LogP contribution in [0, 0.1) is 0 Å². The van der Waals surface area contributed by atoms with E-state index < -0.39 is 0 Å². The quantitative estimate of drug-likeness (QED) is 0.740. The van der Waals surface area contributed by atoms with Crippen LogP contribution in [0.3, 0.4) is 0 Å². The molecular formula is C14H23NO. The van der Waals surface area contributed by atoms with Crippen molar-refractivity contribution in [1.29, 1.82) is 0 Å². The van der Waals surface area contributed by atoms with Crippen molar-refractivity contribution in [2.45, 2.75) is 39.7 Å². The Kier molecular flexibility index (Phi) is 5.33. The van der Waals surface area contributed by atoms with Crippen LogP contribution in [0.4, 0.5) is 5.69 Å². The molecule has 0 atom stereocenters. The molecule has 0 saturated carbocycles. The van der Waals surface area contributed by atoms with Gasteiger partial charge in [-0.1, -0.05) is 32.0 Å². The summed E-state index contributed by atoms with van der Waals surface area (Å²) in [4.78, 5) is 0. The molecule has 0 amide bonds. The Bertz CT molecular complexity index is 307. The minimum Gasteiger partial charge on any atom is -0.382 e. The van der Waals surface area contributed by atoms with Gasteiger partial charge in [-0.05, 0) is 31.4 Å². The SMILES string of the molecule is CC(C)OCCNc1ccccc1C(C)C. The molecule has 0 radical (unpaired) electrons. The second-order valence-electron chi connectivity index (χ2n) is 4.59. The maximum atomic E-state index is 5.50. The molecule has 0 saturated heterocycles. The lowest BCUT2D eigenvalue weighted by atomic mass is 10.0. The third kappa shape index (κ3) is 4.23. The lowest BCUT2D eigenvalue weighted by Gasteiger charge is -2.15. The van der Waals surface area contributed by atoms with Crippen LogP contribution in [-0.4, -0.2) is 19.3 Å². The number of ether oxygens (including phenoxy) is 1. The first kappa shape index (κ1) is 13.0. The van der Waals surface area contributed by atoms with Gasteiger partial charge in [-0.25, -0.2) is 0 Å². The van der Waals surface area contributed by atoms with E-state index in [0.717, 1.165) is 13.2 Å². The van der Waals surface area contributed by atoms with Gasteiger partial charge in [0.25, 0.3) is 0 Å². The van der Waals surface area contributed by atoms with Gasteiger partial charge in [0.05, 0.1) is 12.7 Å². The highest BCUT2D eigenvalue weighted by atomic mass is 16.5. The predicted molar refractivity (Wildman–Crippen MR) is 70.1 cm³/mol. The Labute approximate surface area is 99.0 Å².